The minimum atomic E-state index is 0.166. The molecule has 0 aliphatic rings. The Labute approximate surface area is 102 Å². The van der Waals surface area contributed by atoms with Gasteiger partial charge in [-0.15, -0.1) is 0 Å². The number of rotatable bonds is 3. The topological polar surface area (TPSA) is 43.8 Å². The molecule has 1 unspecified atom stereocenters. The van der Waals surface area contributed by atoms with Crippen LogP contribution < -0.4 is 5.73 Å². The first-order valence-corrected chi connectivity index (χ1v) is 5.93. The molecule has 0 saturated heterocycles. The largest absolute Gasteiger partial charge is 0.328 e. The molecule has 0 fully saturated rings. The number of imidazole rings is 1. The fraction of sp³-hybridized carbons (Fsp3) is 0.357. The highest BCUT2D eigenvalue weighted by molar-refractivity contribution is 5.44. The molecule has 0 radical (unpaired) electrons. The third kappa shape index (κ3) is 2.56. The van der Waals surface area contributed by atoms with Crippen molar-refractivity contribution in [3.8, 4) is 5.69 Å². The van der Waals surface area contributed by atoms with Crippen LogP contribution in [0.15, 0.2) is 30.6 Å². The zero-order valence-corrected chi connectivity index (χ0v) is 10.6. The molecule has 90 valence electrons. The summed E-state index contributed by atoms with van der Waals surface area (Å²) in [4.78, 5) is 4.27. The maximum absolute atomic E-state index is 5.91. The van der Waals surface area contributed by atoms with Crippen LogP contribution in [0.3, 0.4) is 0 Å². The van der Waals surface area contributed by atoms with Gasteiger partial charge < -0.3 is 10.3 Å². The van der Waals surface area contributed by atoms with Crippen LogP contribution in [0.25, 0.3) is 5.69 Å². The second kappa shape index (κ2) is 4.72. The number of hydrogen-bond acceptors (Lipinski definition) is 2. The lowest BCUT2D eigenvalue weighted by Gasteiger charge is -2.14. The average Bonchev–Trinajstić information content (AvgIpc) is 2.64. The SMILES string of the molecule is Cc1ccc(-n2ccnc2C)c(CC(C)N)c1. The van der Waals surface area contributed by atoms with E-state index < -0.39 is 0 Å². The van der Waals surface area contributed by atoms with E-state index in [1.165, 1.54) is 16.8 Å². The van der Waals surface area contributed by atoms with Gasteiger partial charge in [0.1, 0.15) is 5.82 Å². The molecule has 3 nitrogen and oxygen atoms in total. The Bertz CT molecular complexity index is 512. The predicted molar refractivity (Wildman–Crippen MR) is 70.4 cm³/mol. The molecule has 0 bridgehead atoms. The van der Waals surface area contributed by atoms with Gasteiger partial charge in [0, 0.05) is 24.1 Å². The molecule has 0 spiro atoms. The van der Waals surface area contributed by atoms with Gasteiger partial charge in [-0.25, -0.2) is 4.98 Å². The van der Waals surface area contributed by atoms with Crippen LogP contribution >= 0.6 is 0 Å². The van der Waals surface area contributed by atoms with Gasteiger partial charge in [-0.1, -0.05) is 17.7 Å². The van der Waals surface area contributed by atoms with E-state index in [-0.39, 0.29) is 6.04 Å². The highest BCUT2D eigenvalue weighted by atomic mass is 15.1. The van der Waals surface area contributed by atoms with Crippen LogP contribution in [0.4, 0.5) is 0 Å². The average molecular weight is 229 g/mol. The van der Waals surface area contributed by atoms with Crippen LogP contribution in [0.5, 0.6) is 0 Å². The van der Waals surface area contributed by atoms with Gasteiger partial charge in [-0.05, 0) is 38.8 Å². The van der Waals surface area contributed by atoms with E-state index >= 15 is 0 Å². The predicted octanol–water partition coefficient (Wildman–Crippen LogP) is 2.38. The minimum absolute atomic E-state index is 0.166. The Kier molecular flexibility index (Phi) is 3.29. The van der Waals surface area contributed by atoms with Crippen LogP contribution in [0, 0.1) is 13.8 Å². The zero-order chi connectivity index (χ0) is 12.4. The summed E-state index contributed by atoms with van der Waals surface area (Å²) in [5.41, 5.74) is 9.64. The van der Waals surface area contributed by atoms with E-state index in [1.54, 1.807) is 0 Å². The van der Waals surface area contributed by atoms with Crippen molar-refractivity contribution >= 4 is 0 Å². The van der Waals surface area contributed by atoms with Crippen molar-refractivity contribution < 1.29 is 0 Å². The molecule has 0 saturated carbocycles. The zero-order valence-electron chi connectivity index (χ0n) is 10.6. The van der Waals surface area contributed by atoms with Gasteiger partial charge in [0.05, 0.1) is 0 Å². The molecule has 2 N–H and O–H groups in total. The number of benzene rings is 1. The highest BCUT2D eigenvalue weighted by Crippen LogP contribution is 2.19. The summed E-state index contributed by atoms with van der Waals surface area (Å²) in [5, 5.41) is 0. The summed E-state index contributed by atoms with van der Waals surface area (Å²) in [6, 6.07) is 6.64. The van der Waals surface area contributed by atoms with Crippen LogP contribution in [-0.4, -0.2) is 15.6 Å². The third-order valence-corrected chi connectivity index (χ3v) is 2.86. The van der Waals surface area contributed by atoms with Crippen LogP contribution in [-0.2, 0) is 6.42 Å². The molecule has 1 aromatic heterocycles. The summed E-state index contributed by atoms with van der Waals surface area (Å²) < 4.78 is 2.11. The molecule has 2 aromatic rings. The molecule has 0 amide bonds. The normalized spacial score (nSPS) is 12.7. The Morgan fingerprint density at radius 3 is 2.71 bits per heavy atom. The number of nitrogens with zero attached hydrogens (tertiary/aromatic N) is 2. The van der Waals surface area contributed by atoms with E-state index in [4.69, 9.17) is 5.73 Å². The molecule has 2 rings (SSSR count). The molecule has 1 atom stereocenters. The van der Waals surface area contributed by atoms with Crippen molar-refractivity contribution in [2.45, 2.75) is 33.2 Å². The fourth-order valence-corrected chi connectivity index (χ4v) is 2.09. The third-order valence-electron chi connectivity index (χ3n) is 2.86. The van der Waals surface area contributed by atoms with Gasteiger partial charge in [-0.3, -0.25) is 0 Å². The summed E-state index contributed by atoms with van der Waals surface area (Å²) in [6.45, 7) is 6.15. The van der Waals surface area contributed by atoms with E-state index in [2.05, 4.69) is 34.7 Å². The lowest BCUT2D eigenvalue weighted by molar-refractivity contribution is 0.732. The van der Waals surface area contributed by atoms with Crippen molar-refractivity contribution in [3.05, 3.63) is 47.5 Å². The number of hydrogen-bond donors (Lipinski definition) is 1. The second-order valence-corrected chi connectivity index (χ2v) is 4.66. The first-order valence-electron chi connectivity index (χ1n) is 5.93. The molecule has 1 heterocycles. The van der Waals surface area contributed by atoms with Crippen molar-refractivity contribution in [3.63, 3.8) is 0 Å². The second-order valence-electron chi connectivity index (χ2n) is 4.66. The Morgan fingerprint density at radius 1 is 1.35 bits per heavy atom. The Hall–Kier alpha value is -1.61. The fourth-order valence-electron chi connectivity index (χ4n) is 2.09. The van der Waals surface area contributed by atoms with E-state index in [0.29, 0.717) is 0 Å². The Morgan fingerprint density at radius 2 is 2.12 bits per heavy atom. The summed E-state index contributed by atoms with van der Waals surface area (Å²) in [5.74, 6) is 1.000. The van der Waals surface area contributed by atoms with Crippen molar-refractivity contribution in [2.75, 3.05) is 0 Å². The monoisotopic (exact) mass is 229 g/mol. The number of aryl methyl sites for hydroxylation is 2. The quantitative estimate of drug-likeness (QED) is 0.878. The molecule has 1 aromatic carbocycles. The van der Waals surface area contributed by atoms with Gasteiger partial charge >= 0.3 is 0 Å². The van der Waals surface area contributed by atoms with Gasteiger partial charge in [-0.2, -0.15) is 0 Å². The van der Waals surface area contributed by atoms with Crippen LogP contribution in [0.2, 0.25) is 0 Å². The summed E-state index contributed by atoms with van der Waals surface area (Å²) in [6.07, 6.45) is 4.70. The molecular weight excluding hydrogens is 210 g/mol. The van der Waals surface area contributed by atoms with Gasteiger partial charge in [0.25, 0.3) is 0 Å². The van der Waals surface area contributed by atoms with E-state index in [1.807, 2.05) is 26.2 Å². The minimum Gasteiger partial charge on any atom is -0.328 e. The molecule has 0 aliphatic heterocycles. The maximum atomic E-state index is 5.91. The van der Waals surface area contributed by atoms with Gasteiger partial charge in [0.15, 0.2) is 0 Å². The molecule has 3 heteroatoms. The highest BCUT2D eigenvalue weighted by Gasteiger charge is 2.08. The lowest BCUT2D eigenvalue weighted by atomic mass is 10.0. The molecule has 0 aliphatic carbocycles. The number of aromatic nitrogens is 2. The van der Waals surface area contributed by atoms with E-state index in [9.17, 15) is 0 Å². The van der Waals surface area contributed by atoms with Crippen molar-refractivity contribution in [1.82, 2.24) is 9.55 Å². The number of nitrogens with two attached hydrogens (primary N) is 1. The van der Waals surface area contributed by atoms with Crippen molar-refractivity contribution in [1.29, 1.82) is 0 Å². The summed E-state index contributed by atoms with van der Waals surface area (Å²) in [7, 11) is 0. The van der Waals surface area contributed by atoms with E-state index in [0.717, 1.165) is 12.2 Å². The standard InChI is InChI=1S/C14H19N3/c1-10-4-5-14(13(8-10)9-11(2)15)17-7-6-16-12(17)3/h4-8,11H,9,15H2,1-3H3. The molecular formula is C14H19N3. The lowest BCUT2D eigenvalue weighted by Crippen LogP contribution is -2.19. The first-order chi connectivity index (χ1) is 8.08. The smallest absolute Gasteiger partial charge is 0.110 e. The molecule has 17 heavy (non-hydrogen) atoms. The first kappa shape index (κ1) is 11.9. The summed E-state index contributed by atoms with van der Waals surface area (Å²) >= 11 is 0. The maximum Gasteiger partial charge on any atom is 0.110 e. The van der Waals surface area contributed by atoms with Gasteiger partial charge in [0.2, 0.25) is 0 Å². The Balaban J connectivity index is 2.50. The van der Waals surface area contributed by atoms with Crippen molar-refractivity contribution in [2.24, 2.45) is 5.73 Å². The van der Waals surface area contributed by atoms with Crippen LogP contribution in [0.1, 0.15) is 23.9 Å².